The molecule has 1 aliphatic rings. The summed E-state index contributed by atoms with van der Waals surface area (Å²) in [5.41, 5.74) is 1.58. The Morgan fingerprint density at radius 3 is 2.55 bits per heavy atom. The monoisotopic (exact) mass is 408 g/mol. The van der Waals surface area contributed by atoms with Crippen LogP contribution in [0.3, 0.4) is 0 Å². The van der Waals surface area contributed by atoms with Crippen molar-refractivity contribution in [3.63, 3.8) is 0 Å². The summed E-state index contributed by atoms with van der Waals surface area (Å²) < 4.78 is 48.1. The predicted molar refractivity (Wildman–Crippen MR) is 106 cm³/mol. The van der Waals surface area contributed by atoms with Crippen molar-refractivity contribution >= 4 is 16.7 Å². The Morgan fingerprint density at radius 2 is 1.93 bits per heavy atom. The molecule has 2 aromatic carbocycles. The lowest BCUT2D eigenvalue weighted by Crippen LogP contribution is -2.43. The lowest BCUT2D eigenvalue weighted by atomic mass is 9.93. The van der Waals surface area contributed by atoms with Gasteiger partial charge in [0.25, 0.3) is 0 Å². The number of hydrogen-bond donors (Lipinski definition) is 1. The van der Waals surface area contributed by atoms with Crippen molar-refractivity contribution < 1.29 is 22.7 Å². The molecule has 0 saturated carbocycles. The van der Waals surface area contributed by atoms with Gasteiger partial charge in [0.15, 0.2) is 0 Å². The number of carbonyl (C=O) groups excluding carboxylic acids is 1. The van der Waals surface area contributed by atoms with Crippen LogP contribution in [-0.4, -0.2) is 30.2 Å². The van der Waals surface area contributed by atoms with Crippen LogP contribution in [0.1, 0.15) is 51.6 Å². The summed E-state index contributed by atoms with van der Waals surface area (Å²) in [5, 5.41) is 2.45. The van der Waals surface area contributed by atoms with Crippen LogP contribution in [0.15, 0.2) is 36.4 Å². The number of carbonyl (C=O) groups is 1. The number of fused-ring (bicyclic) bond motifs is 1. The molecule has 1 atom stereocenters. The van der Waals surface area contributed by atoms with Crippen LogP contribution in [-0.2, 0) is 4.79 Å². The fourth-order valence-corrected chi connectivity index (χ4v) is 3.63. The molecule has 1 aliphatic heterocycles. The molecule has 29 heavy (non-hydrogen) atoms. The van der Waals surface area contributed by atoms with Gasteiger partial charge in [0, 0.05) is 11.9 Å². The molecular weight excluding hydrogens is 381 g/mol. The number of halogens is 3. The van der Waals surface area contributed by atoms with E-state index >= 15 is 0 Å². The van der Waals surface area contributed by atoms with Crippen molar-refractivity contribution in [3.8, 4) is 5.75 Å². The molecule has 1 heterocycles. The van der Waals surface area contributed by atoms with E-state index in [9.17, 15) is 18.0 Å². The third-order valence-electron chi connectivity index (χ3n) is 5.21. The lowest BCUT2D eigenvalue weighted by Gasteiger charge is -2.30. The average molecular weight is 408 g/mol. The zero-order valence-corrected chi connectivity index (χ0v) is 17.0. The number of nitrogens with one attached hydrogen (secondary N) is 1. The zero-order chi connectivity index (χ0) is 21.2. The standard InChI is InChI=1S/C22H27F3N2O2/c1-4-5-8-11-29-18-13-16(12-15-9-6-7-10-17(15)18)19(22(23,24)25)27-14-21(2,3)20(28)26-27/h6-7,9-10,12-13,19H,4-5,8,11,14H2,1-3H3,(H,26,28). The Kier molecular flexibility index (Phi) is 6.08. The van der Waals surface area contributed by atoms with Gasteiger partial charge in [-0.3, -0.25) is 10.2 Å². The van der Waals surface area contributed by atoms with Crippen LogP contribution in [0.5, 0.6) is 5.75 Å². The van der Waals surface area contributed by atoms with Crippen molar-refractivity contribution in [2.75, 3.05) is 13.2 Å². The van der Waals surface area contributed by atoms with Gasteiger partial charge in [-0.15, -0.1) is 0 Å². The minimum absolute atomic E-state index is 0.0322. The topological polar surface area (TPSA) is 41.6 Å². The van der Waals surface area contributed by atoms with Crippen LogP contribution < -0.4 is 10.2 Å². The van der Waals surface area contributed by atoms with E-state index in [1.165, 1.54) is 12.1 Å². The number of nitrogens with zero attached hydrogens (tertiary/aromatic N) is 1. The normalized spacial score (nSPS) is 18.1. The van der Waals surface area contributed by atoms with Crippen molar-refractivity contribution in [2.24, 2.45) is 5.41 Å². The molecule has 1 unspecified atom stereocenters. The van der Waals surface area contributed by atoms with Gasteiger partial charge >= 0.3 is 6.18 Å². The molecular formula is C22H27F3N2O2. The van der Waals surface area contributed by atoms with Crippen LogP contribution >= 0.6 is 0 Å². The number of amides is 1. The van der Waals surface area contributed by atoms with Gasteiger partial charge < -0.3 is 4.74 Å². The number of benzene rings is 2. The molecule has 0 bridgehead atoms. The van der Waals surface area contributed by atoms with E-state index in [0.29, 0.717) is 17.7 Å². The van der Waals surface area contributed by atoms with Crippen molar-refractivity contribution in [1.29, 1.82) is 0 Å². The Hall–Kier alpha value is -2.28. The summed E-state index contributed by atoms with van der Waals surface area (Å²) >= 11 is 0. The number of unbranched alkanes of at least 4 members (excludes halogenated alkanes) is 2. The molecule has 1 amide bonds. The first-order valence-corrected chi connectivity index (χ1v) is 9.93. The second kappa shape index (κ2) is 8.22. The van der Waals surface area contributed by atoms with Gasteiger partial charge in [0.05, 0.1) is 12.0 Å². The van der Waals surface area contributed by atoms with Crippen LogP contribution in [0.25, 0.3) is 10.8 Å². The second-order valence-corrected chi connectivity index (χ2v) is 8.19. The molecule has 0 spiro atoms. The first-order valence-electron chi connectivity index (χ1n) is 9.93. The van der Waals surface area contributed by atoms with E-state index in [-0.39, 0.29) is 12.1 Å². The third-order valence-corrected chi connectivity index (χ3v) is 5.21. The van der Waals surface area contributed by atoms with Gasteiger partial charge in [0.1, 0.15) is 11.8 Å². The number of ether oxygens (including phenoxy) is 1. The molecule has 2 aromatic rings. The summed E-state index contributed by atoms with van der Waals surface area (Å²) in [6.07, 6.45) is -1.69. The Labute approximate surface area is 169 Å². The summed E-state index contributed by atoms with van der Waals surface area (Å²) in [6, 6.07) is 8.29. The highest BCUT2D eigenvalue weighted by Gasteiger charge is 2.51. The summed E-state index contributed by atoms with van der Waals surface area (Å²) in [5.74, 6) is 0.0248. The highest BCUT2D eigenvalue weighted by atomic mass is 19.4. The Balaban J connectivity index is 2.02. The molecule has 1 N–H and O–H groups in total. The molecule has 158 valence electrons. The minimum atomic E-state index is -4.56. The maximum Gasteiger partial charge on any atom is 0.409 e. The van der Waals surface area contributed by atoms with Gasteiger partial charge in [-0.2, -0.15) is 13.2 Å². The van der Waals surface area contributed by atoms with E-state index < -0.39 is 23.5 Å². The highest BCUT2D eigenvalue weighted by molar-refractivity contribution is 5.89. The van der Waals surface area contributed by atoms with E-state index in [1.807, 2.05) is 12.1 Å². The minimum Gasteiger partial charge on any atom is -0.493 e. The molecule has 7 heteroatoms. The van der Waals surface area contributed by atoms with Crippen molar-refractivity contribution in [1.82, 2.24) is 10.4 Å². The average Bonchev–Trinajstić information content (AvgIpc) is 2.89. The fraction of sp³-hybridized carbons (Fsp3) is 0.500. The number of alkyl halides is 3. The van der Waals surface area contributed by atoms with Gasteiger partial charge in [-0.05, 0) is 43.4 Å². The molecule has 1 fully saturated rings. The number of hydrazine groups is 1. The van der Waals surface area contributed by atoms with Crippen LogP contribution in [0, 0.1) is 5.41 Å². The van der Waals surface area contributed by atoms with Crippen molar-refractivity contribution in [3.05, 3.63) is 42.0 Å². The summed E-state index contributed by atoms with van der Waals surface area (Å²) in [6.45, 7) is 5.77. The van der Waals surface area contributed by atoms with Gasteiger partial charge in [-0.1, -0.05) is 44.0 Å². The fourth-order valence-electron chi connectivity index (χ4n) is 3.63. The highest BCUT2D eigenvalue weighted by Crippen LogP contribution is 2.43. The second-order valence-electron chi connectivity index (χ2n) is 8.19. The smallest absolute Gasteiger partial charge is 0.409 e. The van der Waals surface area contributed by atoms with E-state index in [4.69, 9.17) is 4.74 Å². The largest absolute Gasteiger partial charge is 0.493 e. The molecule has 0 aliphatic carbocycles. The molecule has 0 radical (unpaired) electrons. The first kappa shape index (κ1) is 21.4. The van der Waals surface area contributed by atoms with E-state index in [2.05, 4.69) is 12.3 Å². The van der Waals surface area contributed by atoms with Gasteiger partial charge in [-0.25, -0.2) is 5.01 Å². The van der Waals surface area contributed by atoms with E-state index in [0.717, 1.165) is 29.7 Å². The first-order chi connectivity index (χ1) is 13.6. The molecule has 1 saturated heterocycles. The quantitative estimate of drug-likeness (QED) is 0.625. The zero-order valence-electron chi connectivity index (χ0n) is 17.0. The predicted octanol–water partition coefficient (Wildman–Crippen LogP) is 5.39. The summed E-state index contributed by atoms with van der Waals surface area (Å²) in [4.78, 5) is 12.1. The molecule has 4 nitrogen and oxygen atoms in total. The van der Waals surface area contributed by atoms with Crippen LogP contribution in [0.2, 0.25) is 0 Å². The third kappa shape index (κ3) is 4.66. The SMILES string of the molecule is CCCCCOc1cc(C(N2CC(C)(C)C(=O)N2)C(F)(F)F)cc2ccccc12. The maximum absolute atomic E-state index is 14.1. The Bertz CT molecular complexity index is 880. The number of rotatable bonds is 7. The Morgan fingerprint density at radius 1 is 1.21 bits per heavy atom. The summed E-state index contributed by atoms with van der Waals surface area (Å²) in [7, 11) is 0. The molecule has 0 aromatic heterocycles. The van der Waals surface area contributed by atoms with E-state index in [1.54, 1.807) is 26.0 Å². The number of hydrogen-bond acceptors (Lipinski definition) is 3. The maximum atomic E-state index is 14.1. The molecule has 3 rings (SSSR count). The van der Waals surface area contributed by atoms with Gasteiger partial charge in [0.2, 0.25) is 5.91 Å². The van der Waals surface area contributed by atoms with Crippen LogP contribution in [0.4, 0.5) is 13.2 Å². The van der Waals surface area contributed by atoms with Crippen molar-refractivity contribution in [2.45, 2.75) is 52.3 Å². The lowest BCUT2D eigenvalue weighted by molar-refractivity contribution is -0.191.